The van der Waals surface area contributed by atoms with E-state index in [9.17, 15) is 9.59 Å². The summed E-state index contributed by atoms with van der Waals surface area (Å²) in [5, 5.41) is 0. The molecule has 74 valence electrons. The molecule has 0 atom stereocenters. The van der Waals surface area contributed by atoms with Gasteiger partial charge in [0.25, 0.3) is 0 Å². The van der Waals surface area contributed by atoms with Gasteiger partial charge in [-0.05, 0) is 13.0 Å². The van der Waals surface area contributed by atoms with Gasteiger partial charge in [-0.15, -0.1) is 0 Å². The van der Waals surface area contributed by atoms with Crippen molar-refractivity contribution < 1.29 is 18.6 Å². The molecule has 1 aliphatic heterocycles. The van der Waals surface area contributed by atoms with E-state index in [2.05, 4.69) is 15.6 Å². The van der Waals surface area contributed by atoms with Crippen LogP contribution in [-0.2, 0) is 18.6 Å². The van der Waals surface area contributed by atoms with Gasteiger partial charge in [0, 0.05) is 0 Å². The summed E-state index contributed by atoms with van der Waals surface area (Å²) in [7, 11) is 0. The maximum atomic E-state index is 11.1. The van der Waals surface area contributed by atoms with Crippen molar-refractivity contribution in [1.29, 1.82) is 0 Å². The van der Waals surface area contributed by atoms with Crippen LogP contribution < -0.4 is 0 Å². The maximum absolute atomic E-state index is 11.1. The largest absolute Gasteiger partial charge is 0.390 e. The third-order valence-corrected chi connectivity index (χ3v) is 1.83. The number of hydrogen-bond acceptors (Lipinski definition) is 4. The van der Waals surface area contributed by atoms with Crippen LogP contribution in [0, 0.1) is 0 Å². The van der Waals surface area contributed by atoms with Crippen LogP contribution in [0.3, 0.4) is 0 Å². The first-order valence-electron chi connectivity index (χ1n) is 3.70. The van der Waals surface area contributed by atoms with E-state index in [0.717, 1.165) is 0 Å². The lowest BCUT2D eigenvalue weighted by Crippen LogP contribution is -2.01. The van der Waals surface area contributed by atoms with Crippen LogP contribution in [0.2, 0.25) is 0 Å². The van der Waals surface area contributed by atoms with Crippen LogP contribution in [0.15, 0.2) is 35.6 Å². The minimum absolute atomic E-state index is 0.100. The van der Waals surface area contributed by atoms with E-state index in [-0.39, 0.29) is 16.9 Å². The Morgan fingerprint density at radius 3 is 2.50 bits per heavy atom. The predicted octanol–water partition coefficient (Wildman–Crippen LogP) is 1.63. The van der Waals surface area contributed by atoms with E-state index in [1.165, 1.54) is 19.1 Å². The highest BCUT2D eigenvalue weighted by Crippen LogP contribution is 2.21. The van der Waals surface area contributed by atoms with Crippen LogP contribution in [0.4, 0.5) is 0 Å². The highest BCUT2D eigenvalue weighted by Gasteiger charge is 2.29. The van der Waals surface area contributed by atoms with Crippen molar-refractivity contribution in [2.24, 2.45) is 0 Å². The fraction of sp³-hybridized carbons (Fsp3) is 0.111. The highest BCUT2D eigenvalue weighted by molar-refractivity contribution is 6.15. The molecule has 0 aromatic rings. The number of cyclic esters (lactones) is 2. The van der Waals surface area contributed by atoms with Gasteiger partial charge in [0.1, 0.15) is 17.6 Å². The molecule has 0 N–H and O–H groups in total. The molecule has 4 nitrogen and oxygen atoms in total. The van der Waals surface area contributed by atoms with Crippen LogP contribution in [0.1, 0.15) is 6.92 Å². The van der Waals surface area contributed by atoms with Gasteiger partial charge >= 0.3 is 11.9 Å². The molecule has 0 fully saturated rings. The molecule has 0 aromatic carbocycles. The number of carbonyl (C=O) groups excluding carboxylic acids is 2. The summed E-state index contributed by atoms with van der Waals surface area (Å²) in [5.41, 5.74) is 0.214. The molecular formula is C9H7ClO4. The molecule has 0 bridgehead atoms. The van der Waals surface area contributed by atoms with E-state index in [0.29, 0.717) is 0 Å². The Bertz CT molecular complexity index is 365. The molecule has 0 spiro atoms. The second kappa shape index (κ2) is 4.11. The molecule has 0 unspecified atom stereocenters. The molecule has 1 heterocycles. The van der Waals surface area contributed by atoms with Crippen LogP contribution in [0.25, 0.3) is 0 Å². The van der Waals surface area contributed by atoms with Gasteiger partial charge in [-0.1, -0.05) is 12.7 Å². The molecule has 1 rings (SSSR count). The Morgan fingerprint density at radius 1 is 1.43 bits per heavy atom. The molecular weight excluding hydrogens is 208 g/mol. The first kappa shape index (κ1) is 10.5. The summed E-state index contributed by atoms with van der Waals surface area (Å²) < 4.78 is 8.69. The second-order valence-electron chi connectivity index (χ2n) is 2.54. The molecule has 1 aliphatic rings. The fourth-order valence-electron chi connectivity index (χ4n) is 0.970. The zero-order valence-corrected chi connectivity index (χ0v) is 8.13. The number of esters is 2. The van der Waals surface area contributed by atoms with Gasteiger partial charge in [0.15, 0.2) is 0 Å². The average molecular weight is 215 g/mol. The van der Waals surface area contributed by atoms with E-state index in [1.807, 2.05) is 0 Å². The zero-order valence-electron chi connectivity index (χ0n) is 7.37. The SMILES string of the molecule is C=CC1=C(/C=C(\C)OCl)C(=O)OC1=O. The molecule has 0 saturated heterocycles. The number of carbonyl (C=O) groups is 2. The summed E-state index contributed by atoms with van der Waals surface area (Å²) in [6.07, 6.45) is 2.57. The van der Waals surface area contributed by atoms with Crippen molar-refractivity contribution in [3.63, 3.8) is 0 Å². The smallest absolute Gasteiger partial charge is 0.347 e. The fourth-order valence-corrected chi connectivity index (χ4v) is 1.01. The van der Waals surface area contributed by atoms with E-state index in [4.69, 9.17) is 11.9 Å². The maximum Gasteiger partial charge on any atom is 0.347 e. The summed E-state index contributed by atoms with van der Waals surface area (Å²) in [6.45, 7) is 4.94. The van der Waals surface area contributed by atoms with Crippen LogP contribution in [0.5, 0.6) is 0 Å². The van der Waals surface area contributed by atoms with Gasteiger partial charge < -0.3 is 9.03 Å². The molecule has 14 heavy (non-hydrogen) atoms. The number of rotatable bonds is 3. The van der Waals surface area contributed by atoms with Gasteiger partial charge in [-0.3, -0.25) is 0 Å². The monoisotopic (exact) mass is 214 g/mol. The number of hydrogen-bond donors (Lipinski definition) is 0. The first-order chi connectivity index (χ1) is 6.60. The minimum Gasteiger partial charge on any atom is -0.390 e. The Kier molecular flexibility index (Phi) is 3.09. The van der Waals surface area contributed by atoms with E-state index in [1.54, 1.807) is 0 Å². The summed E-state index contributed by atoms with van der Waals surface area (Å²) >= 11 is 5.05. The molecule has 0 aromatic heterocycles. The molecule has 0 saturated carbocycles. The first-order valence-corrected chi connectivity index (χ1v) is 4.01. The van der Waals surface area contributed by atoms with Gasteiger partial charge in [0.05, 0.1) is 11.1 Å². The van der Waals surface area contributed by atoms with Crippen molar-refractivity contribution in [3.05, 3.63) is 35.6 Å². The van der Waals surface area contributed by atoms with Crippen LogP contribution in [-0.4, -0.2) is 11.9 Å². The minimum atomic E-state index is -0.724. The molecule has 0 aliphatic carbocycles. The van der Waals surface area contributed by atoms with Gasteiger partial charge in [-0.25, -0.2) is 9.59 Å². The van der Waals surface area contributed by atoms with Crippen molar-refractivity contribution in [1.82, 2.24) is 0 Å². The Balaban J connectivity index is 3.16. The zero-order chi connectivity index (χ0) is 10.7. The van der Waals surface area contributed by atoms with Crippen LogP contribution >= 0.6 is 11.9 Å². The Hall–Kier alpha value is -1.55. The lowest BCUT2D eigenvalue weighted by atomic mass is 10.1. The lowest BCUT2D eigenvalue weighted by molar-refractivity contribution is -0.150. The molecule has 0 amide bonds. The quantitative estimate of drug-likeness (QED) is 0.407. The van der Waals surface area contributed by atoms with Crippen molar-refractivity contribution >= 4 is 23.8 Å². The molecule has 5 heteroatoms. The van der Waals surface area contributed by atoms with E-state index < -0.39 is 11.9 Å². The molecule has 0 radical (unpaired) electrons. The second-order valence-corrected chi connectivity index (χ2v) is 2.69. The van der Waals surface area contributed by atoms with E-state index >= 15 is 0 Å². The number of ether oxygens (including phenoxy) is 1. The van der Waals surface area contributed by atoms with Gasteiger partial charge in [0.2, 0.25) is 0 Å². The van der Waals surface area contributed by atoms with Crippen molar-refractivity contribution in [2.45, 2.75) is 6.92 Å². The number of halogens is 1. The average Bonchev–Trinajstić information content (AvgIpc) is 2.41. The topological polar surface area (TPSA) is 52.6 Å². The Labute approximate surface area is 85.6 Å². The highest BCUT2D eigenvalue weighted by atomic mass is 35.5. The third kappa shape index (κ3) is 1.85. The van der Waals surface area contributed by atoms with Crippen molar-refractivity contribution in [2.75, 3.05) is 0 Å². The van der Waals surface area contributed by atoms with Crippen molar-refractivity contribution in [3.8, 4) is 0 Å². The van der Waals surface area contributed by atoms with Gasteiger partial charge in [-0.2, -0.15) is 0 Å². The predicted molar refractivity (Wildman–Crippen MR) is 49.0 cm³/mol. The Morgan fingerprint density at radius 2 is 2.00 bits per heavy atom. The number of allylic oxidation sites excluding steroid dienone is 1. The standard InChI is InChI=1S/C9H7ClO4/c1-3-6-7(4-5(2)14-10)9(12)13-8(6)11/h3-4H,1H2,2H3/b5-4+. The lowest BCUT2D eigenvalue weighted by Gasteiger charge is -1.94. The summed E-state index contributed by atoms with van der Waals surface area (Å²) in [5.74, 6) is -1.15. The summed E-state index contributed by atoms with van der Waals surface area (Å²) in [4.78, 5) is 22.1. The third-order valence-electron chi connectivity index (χ3n) is 1.59. The normalized spacial score (nSPS) is 17.1. The summed E-state index contributed by atoms with van der Waals surface area (Å²) in [6, 6.07) is 0.